The Hall–Kier alpha value is -1.80. The van der Waals surface area contributed by atoms with Gasteiger partial charge >= 0.3 is 13.8 Å². The molecular formula is C49H90NO7P. The normalized spacial score (nSPS) is 13.9. The van der Waals surface area contributed by atoms with Crippen LogP contribution in [0.15, 0.2) is 60.8 Å². The number of phosphoric ester groups is 1. The van der Waals surface area contributed by atoms with Crippen LogP contribution in [-0.2, 0) is 27.9 Å². The van der Waals surface area contributed by atoms with Crippen molar-refractivity contribution in [2.75, 3.05) is 33.0 Å². The molecule has 0 amide bonds. The van der Waals surface area contributed by atoms with E-state index >= 15 is 0 Å². The van der Waals surface area contributed by atoms with Crippen molar-refractivity contribution in [1.82, 2.24) is 0 Å². The number of hydrogen-bond acceptors (Lipinski definition) is 7. The highest BCUT2D eigenvalue weighted by atomic mass is 31.2. The van der Waals surface area contributed by atoms with Gasteiger partial charge < -0.3 is 20.1 Å². The van der Waals surface area contributed by atoms with E-state index in [1.807, 2.05) is 0 Å². The summed E-state index contributed by atoms with van der Waals surface area (Å²) in [7, 11) is -4.29. The Morgan fingerprint density at radius 2 is 0.966 bits per heavy atom. The van der Waals surface area contributed by atoms with Crippen molar-refractivity contribution >= 4 is 13.8 Å². The maximum atomic E-state index is 12.6. The lowest BCUT2D eigenvalue weighted by atomic mass is 10.1. The fourth-order valence-electron chi connectivity index (χ4n) is 6.45. The number of hydrogen-bond donors (Lipinski definition) is 2. The van der Waals surface area contributed by atoms with E-state index in [-0.39, 0.29) is 32.3 Å². The second kappa shape index (κ2) is 46.3. The van der Waals surface area contributed by atoms with E-state index < -0.39 is 13.9 Å². The van der Waals surface area contributed by atoms with Gasteiger partial charge in [0.15, 0.2) is 0 Å². The molecule has 0 fully saturated rings. The van der Waals surface area contributed by atoms with Gasteiger partial charge in [0.05, 0.1) is 19.8 Å². The molecule has 0 aliphatic carbocycles. The van der Waals surface area contributed by atoms with Crippen molar-refractivity contribution in [1.29, 1.82) is 0 Å². The maximum absolute atomic E-state index is 12.6. The molecule has 0 saturated carbocycles. The molecule has 0 saturated heterocycles. The summed E-state index contributed by atoms with van der Waals surface area (Å²) in [5.41, 5.74) is 5.38. The topological polar surface area (TPSA) is 117 Å². The standard InChI is InChI=1S/C49H90NO7P/c1-3-5-7-9-11-13-15-17-19-21-23-25-27-29-31-33-35-37-39-41-44-54-46-48(47-56-58(52,53)55-45-43-50)57-49(51)42-40-38-36-34-32-30-28-26-24-22-20-18-16-14-12-10-8-6-4-2/h6,8,12,14,17-20,24,26,48H,3-5,7,9-11,13,15-16,21-23,25,27-47,50H2,1-2H3,(H,52,53)/b8-6-,14-12-,19-17-,20-18-,26-24-. The third-order valence-electron chi connectivity index (χ3n) is 9.92. The first-order chi connectivity index (χ1) is 28.4. The number of rotatable bonds is 45. The zero-order valence-electron chi connectivity index (χ0n) is 37.5. The molecule has 2 unspecified atom stereocenters. The van der Waals surface area contributed by atoms with E-state index in [9.17, 15) is 14.3 Å². The highest BCUT2D eigenvalue weighted by Crippen LogP contribution is 2.43. The van der Waals surface area contributed by atoms with Gasteiger partial charge in [0.25, 0.3) is 0 Å². The Bertz CT molecular complexity index is 1070. The van der Waals surface area contributed by atoms with E-state index in [2.05, 4.69) is 74.6 Å². The Morgan fingerprint density at radius 3 is 1.47 bits per heavy atom. The van der Waals surface area contributed by atoms with Crippen LogP contribution in [0.4, 0.5) is 0 Å². The van der Waals surface area contributed by atoms with Crippen molar-refractivity contribution < 1.29 is 32.8 Å². The number of carbonyl (C=O) groups is 1. The maximum Gasteiger partial charge on any atom is 0.472 e. The molecule has 0 rings (SSSR count). The highest BCUT2D eigenvalue weighted by Gasteiger charge is 2.25. The summed E-state index contributed by atoms with van der Waals surface area (Å²) in [6, 6.07) is 0. The first kappa shape index (κ1) is 56.2. The Balaban J connectivity index is 4.01. The van der Waals surface area contributed by atoms with Crippen LogP contribution < -0.4 is 5.73 Å². The second-order valence-corrected chi connectivity index (χ2v) is 17.0. The molecule has 9 heteroatoms. The summed E-state index contributed by atoms with van der Waals surface area (Å²) >= 11 is 0. The molecule has 3 N–H and O–H groups in total. The molecule has 0 aliphatic rings. The van der Waals surface area contributed by atoms with E-state index in [1.54, 1.807) is 0 Å². The van der Waals surface area contributed by atoms with Gasteiger partial charge in [-0.05, 0) is 77.0 Å². The molecule has 0 heterocycles. The lowest BCUT2D eigenvalue weighted by molar-refractivity contribution is -0.154. The monoisotopic (exact) mass is 836 g/mol. The third-order valence-corrected chi connectivity index (χ3v) is 10.9. The van der Waals surface area contributed by atoms with Crippen molar-refractivity contribution in [2.45, 2.75) is 213 Å². The average Bonchev–Trinajstić information content (AvgIpc) is 3.21. The smallest absolute Gasteiger partial charge is 0.457 e. The molecule has 58 heavy (non-hydrogen) atoms. The van der Waals surface area contributed by atoms with Crippen molar-refractivity contribution in [3.63, 3.8) is 0 Å². The molecular weight excluding hydrogens is 746 g/mol. The predicted molar refractivity (Wildman–Crippen MR) is 247 cm³/mol. The van der Waals surface area contributed by atoms with Gasteiger partial charge in [-0.3, -0.25) is 13.8 Å². The average molecular weight is 836 g/mol. The third kappa shape index (κ3) is 45.3. The predicted octanol–water partition coefficient (Wildman–Crippen LogP) is 14.5. The molecule has 8 nitrogen and oxygen atoms in total. The number of ether oxygens (including phenoxy) is 2. The van der Waals surface area contributed by atoms with Crippen LogP contribution >= 0.6 is 7.82 Å². The molecule has 0 aromatic heterocycles. The molecule has 0 aromatic carbocycles. The van der Waals surface area contributed by atoms with Crippen LogP contribution in [0.5, 0.6) is 0 Å². The number of carbonyl (C=O) groups excluding carboxylic acids is 1. The molecule has 0 aromatic rings. The number of allylic oxidation sites excluding steroid dienone is 10. The molecule has 0 bridgehead atoms. The van der Waals surface area contributed by atoms with Gasteiger partial charge in [-0.25, -0.2) is 4.57 Å². The lowest BCUT2D eigenvalue weighted by Gasteiger charge is -2.20. The van der Waals surface area contributed by atoms with Gasteiger partial charge in [-0.2, -0.15) is 0 Å². The van der Waals surface area contributed by atoms with Gasteiger partial charge in [-0.15, -0.1) is 0 Å². The van der Waals surface area contributed by atoms with Gasteiger partial charge in [-0.1, -0.05) is 184 Å². The number of esters is 1. The minimum Gasteiger partial charge on any atom is -0.457 e. The van der Waals surface area contributed by atoms with Gasteiger partial charge in [0.1, 0.15) is 6.10 Å². The number of unbranched alkanes of at least 4 members (excludes halogenated alkanes) is 22. The fourth-order valence-corrected chi connectivity index (χ4v) is 7.22. The fraction of sp³-hybridized carbons (Fsp3) is 0.776. The Labute approximate surface area is 357 Å². The van der Waals surface area contributed by atoms with Crippen molar-refractivity contribution in [3.05, 3.63) is 60.8 Å². The molecule has 0 aliphatic heterocycles. The summed E-state index contributed by atoms with van der Waals surface area (Å²) < 4.78 is 33.5. The zero-order chi connectivity index (χ0) is 42.3. The lowest BCUT2D eigenvalue weighted by Crippen LogP contribution is -2.28. The number of phosphoric acid groups is 1. The largest absolute Gasteiger partial charge is 0.472 e. The SMILES string of the molecule is CC/C=C\C/C=C\C/C=C\C/C=C\CCCCCCCCC(=O)OC(COCCCCCCCCCCCC/C=C\CCCCCCCC)COP(=O)(O)OCCN. The second-order valence-electron chi connectivity index (χ2n) is 15.6. The van der Waals surface area contributed by atoms with Crippen molar-refractivity contribution in [2.24, 2.45) is 5.73 Å². The van der Waals surface area contributed by atoms with Crippen LogP contribution in [-0.4, -0.2) is 49.9 Å². The quantitative estimate of drug-likeness (QED) is 0.0269. The zero-order valence-corrected chi connectivity index (χ0v) is 38.4. The van der Waals surface area contributed by atoms with Crippen LogP contribution in [0.2, 0.25) is 0 Å². The van der Waals surface area contributed by atoms with E-state index in [0.717, 1.165) is 70.6 Å². The summed E-state index contributed by atoms with van der Waals surface area (Å²) in [4.78, 5) is 22.5. The van der Waals surface area contributed by atoms with E-state index in [1.165, 1.54) is 116 Å². The highest BCUT2D eigenvalue weighted by molar-refractivity contribution is 7.47. The molecule has 338 valence electrons. The molecule has 0 radical (unpaired) electrons. The molecule has 0 spiro atoms. The first-order valence-corrected chi connectivity index (χ1v) is 25.3. The molecule has 2 atom stereocenters. The van der Waals surface area contributed by atoms with E-state index in [0.29, 0.717) is 13.0 Å². The van der Waals surface area contributed by atoms with Gasteiger partial charge in [0.2, 0.25) is 0 Å². The van der Waals surface area contributed by atoms with Crippen LogP contribution in [0, 0.1) is 0 Å². The summed E-state index contributed by atoms with van der Waals surface area (Å²) in [6.07, 6.45) is 56.7. The van der Waals surface area contributed by atoms with Crippen molar-refractivity contribution in [3.8, 4) is 0 Å². The Kier molecular flexibility index (Phi) is 44.8. The minimum atomic E-state index is -4.29. The summed E-state index contributed by atoms with van der Waals surface area (Å²) in [6.45, 7) is 4.79. The van der Waals surface area contributed by atoms with Crippen LogP contribution in [0.1, 0.15) is 206 Å². The van der Waals surface area contributed by atoms with Gasteiger partial charge in [0, 0.05) is 19.6 Å². The van der Waals surface area contributed by atoms with E-state index in [4.69, 9.17) is 24.3 Å². The van der Waals surface area contributed by atoms with Crippen LogP contribution in [0.3, 0.4) is 0 Å². The minimum absolute atomic E-state index is 0.0954. The summed E-state index contributed by atoms with van der Waals surface area (Å²) in [5.74, 6) is -0.345. The van der Waals surface area contributed by atoms with Crippen LogP contribution in [0.25, 0.3) is 0 Å². The number of nitrogens with two attached hydrogens (primary N) is 1. The Morgan fingerprint density at radius 1 is 0.534 bits per heavy atom. The summed E-state index contributed by atoms with van der Waals surface area (Å²) in [5, 5.41) is 0. The first-order valence-electron chi connectivity index (χ1n) is 23.8.